The number of rotatable bonds is 20. The first-order chi connectivity index (χ1) is 15.2. The van der Waals surface area contributed by atoms with Crippen LogP contribution in [0.2, 0.25) is 0 Å². The molecular weight excluding hydrogens is 455 g/mol. The van der Waals surface area contributed by atoms with Gasteiger partial charge in [-0.15, -0.1) is 0 Å². The van der Waals surface area contributed by atoms with Gasteiger partial charge in [0, 0.05) is 0 Å². The van der Waals surface area contributed by atoms with Gasteiger partial charge in [-0.05, 0) is 37.5 Å². The van der Waals surface area contributed by atoms with Crippen molar-refractivity contribution in [1.82, 2.24) is 0 Å². The van der Waals surface area contributed by atoms with E-state index in [2.05, 4.69) is 20.8 Å². The molecule has 3 unspecified atom stereocenters. The van der Waals surface area contributed by atoms with Crippen molar-refractivity contribution >= 4 is 51.6 Å². The van der Waals surface area contributed by atoms with Crippen LogP contribution in [0.4, 0.5) is 0 Å². The summed E-state index contributed by atoms with van der Waals surface area (Å²) in [6.07, 6.45) is 11.2. The number of carbonyl (C=O) groups is 2. The fourth-order valence-corrected chi connectivity index (χ4v) is 4.49. The minimum atomic E-state index is -4.78. The van der Waals surface area contributed by atoms with E-state index in [0.717, 1.165) is 77.0 Å². The van der Waals surface area contributed by atoms with Crippen molar-refractivity contribution in [2.24, 2.45) is 11.8 Å². The standard InChI is InChI=1S/C24H46O7S.Na.H/c1-5-9-11-15-20(13-7-3)18-30-23(25)17-22(32(27,28)29)24(26)31-19-21(14-8-4)16-12-10-6-2;;/h20-22H,5-19H2,1-4H3,(H,27,28,29);;. The summed E-state index contributed by atoms with van der Waals surface area (Å²) in [6, 6.07) is 0. The molecule has 0 rings (SSSR count). The molecule has 0 aromatic rings. The third kappa shape index (κ3) is 17.9. The summed E-state index contributed by atoms with van der Waals surface area (Å²) in [5, 5.41) is -1.95. The van der Waals surface area contributed by atoms with Crippen LogP contribution in [0.25, 0.3) is 0 Å². The van der Waals surface area contributed by atoms with Crippen LogP contribution < -0.4 is 0 Å². The van der Waals surface area contributed by atoms with Gasteiger partial charge < -0.3 is 9.47 Å². The second kappa shape index (κ2) is 21.2. The number of hydrogen-bond acceptors (Lipinski definition) is 6. The molecule has 7 nitrogen and oxygen atoms in total. The van der Waals surface area contributed by atoms with E-state index in [9.17, 15) is 22.6 Å². The first-order valence-electron chi connectivity index (χ1n) is 12.5. The number of ether oxygens (including phenoxy) is 2. The van der Waals surface area contributed by atoms with Gasteiger partial charge in [0.1, 0.15) is 0 Å². The van der Waals surface area contributed by atoms with Crippen LogP contribution in [0.5, 0.6) is 0 Å². The number of carbonyl (C=O) groups excluding carboxylic acids is 2. The molecule has 0 aliphatic heterocycles. The van der Waals surface area contributed by atoms with Crippen molar-refractivity contribution in [2.45, 2.75) is 116 Å². The van der Waals surface area contributed by atoms with Crippen LogP contribution in [0.3, 0.4) is 0 Å². The van der Waals surface area contributed by atoms with Gasteiger partial charge in [-0.25, -0.2) is 0 Å². The second-order valence-corrected chi connectivity index (χ2v) is 10.4. The Bertz CT molecular complexity index is 610. The van der Waals surface area contributed by atoms with Crippen LogP contribution in [-0.4, -0.2) is 72.9 Å². The summed E-state index contributed by atoms with van der Waals surface area (Å²) in [5.41, 5.74) is 0. The molecule has 0 aromatic carbocycles. The third-order valence-corrected chi connectivity index (χ3v) is 6.82. The molecule has 192 valence electrons. The van der Waals surface area contributed by atoms with E-state index in [1.54, 1.807) is 0 Å². The quantitative estimate of drug-likeness (QED) is 0.107. The molecule has 0 bridgehead atoms. The third-order valence-electron chi connectivity index (χ3n) is 5.74. The summed E-state index contributed by atoms with van der Waals surface area (Å²) in [6.45, 7) is 8.62. The van der Waals surface area contributed by atoms with E-state index in [1.165, 1.54) is 0 Å². The fraction of sp³-hybridized carbons (Fsp3) is 0.917. The van der Waals surface area contributed by atoms with Crippen LogP contribution in [0, 0.1) is 11.8 Å². The molecule has 0 spiro atoms. The molecule has 1 N–H and O–H groups in total. The Kier molecular flexibility index (Phi) is 22.5. The van der Waals surface area contributed by atoms with Crippen LogP contribution in [0.15, 0.2) is 0 Å². The summed E-state index contributed by atoms with van der Waals surface area (Å²) in [7, 11) is -4.78. The van der Waals surface area contributed by atoms with Gasteiger partial charge in [0.25, 0.3) is 10.1 Å². The summed E-state index contributed by atoms with van der Waals surface area (Å²) >= 11 is 0. The van der Waals surface area contributed by atoms with E-state index in [1.807, 2.05) is 6.92 Å². The SMILES string of the molecule is CCCCCC(CCC)COC(=O)CC(C(=O)OCC(CCC)CCCCC)S(=O)(=O)O.[NaH]. The average molecular weight is 503 g/mol. The molecule has 0 aliphatic carbocycles. The average Bonchev–Trinajstić information content (AvgIpc) is 2.73. The normalized spacial score (nSPS) is 14.1. The van der Waals surface area contributed by atoms with E-state index in [0.29, 0.717) is 0 Å². The molecule has 0 fully saturated rings. The summed E-state index contributed by atoms with van der Waals surface area (Å²) in [5.74, 6) is -1.55. The van der Waals surface area contributed by atoms with Gasteiger partial charge in [0.05, 0.1) is 19.6 Å². The number of hydrogen-bond donors (Lipinski definition) is 1. The van der Waals surface area contributed by atoms with Crippen LogP contribution >= 0.6 is 0 Å². The Morgan fingerprint density at radius 3 is 1.58 bits per heavy atom. The molecule has 0 heterocycles. The molecular formula is C24H47NaO7S. The van der Waals surface area contributed by atoms with Crippen LogP contribution in [-0.2, 0) is 29.2 Å². The molecule has 3 atom stereocenters. The zero-order chi connectivity index (χ0) is 24.4. The molecule has 9 heteroatoms. The Balaban J connectivity index is 0. The van der Waals surface area contributed by atoms with Crippen molar-refractivity contribution in [3.8, 4) is 0 Å². The Hall–Kier alpha value is -0.150. The van der Waals surface area contributed by atoms with E-state index in [4.69, 9.17) is 9.47 Å². The molecule has 0 amide bonds. The summed E-state index contributed by atoms with van der Waals surface area (Å²) < 4.78 is 43.5. The maximum atomic E-state index is 12.4. The van der Waals surface area contributed by atoms with Crippen molar-refractivity contribution < 1.29 is 32.0 Å². The topological polar surface area (TPSA) is 107 Å². The molecule has 0 saturated heterocycles. The van der Waals surface area contributed by atoms with Gasteiger partial charge in [0.2, 0.25) is 0 Å². The van der Waals surface area contributed by atoms with Crippen molar-refractivity contribution in [1.29, 1.82) is 0 Å². The molecule has 0 aromatic heterocycles. The molecule has 33 heavy (non-hydrogen) atoms. The van der Waals surface area contributed by atoms with E-state index in [-0.39, 0.29) is 54.6 Å². The van der Waals surface area contributed by atoms with Gasteiger partial charge >= 0.3 is 41.5 Å². The van der Waals surface area contributed by atoms with Crippen molar-refractivity contribution in [3.05, 3.63) is 0 Å². The predicted octanol–water partition coefficient (Wildman–Crippen LogP) is 5.06. The fourth-order valence-electron chi connectivity index (χ4n) is 3.83. The van der Waals surface area contributed by atoms with Gasteiger partial charge in [-0.2, -0.15) is 8.42 Å². The number of unbranched alkanes of at least 4 members (excludes halogenated alkanes) is 4. The van der Waals surface area contributed by atoms with Gasteiger partial charge in [-0.1, -0.05) is 79.1 Å². The monoisotopic (exact) mass is 502 g/mol. The second-order valence-electron chi connectivity index (χ2n) is 8.82. The van der Waals surface area contributed by atoms with Crippen molar-refractivity contribution in [3.63, 3.8) is 0 Å². The van der Waals surface area contributed by atoms with Gasteiger partial charge in [-0.3, -0.25) is 14.1 Å². The predicted molar refractivity (Wildman–Crippen MR) is 134 cm³/mol. The van der Waals surface area contributed by atoms with Crippen LogP contribution in [0.1, 0.15) is 111 Å². The van der Waals surface area contributed by atoms with E-state index < -0.39 is 33.7 Å². The Morgan fingerprint density at radius 1 is 0.727 bits per heavy atom. The zero-order valence-corrected chi connectivity index (χ0v) is 21.5. The van der Waals surface area contributed by atoms with Gasteiger partial charge in [0.15, 0.2) is 5.25 Å². The maximum absolute atomic E-state index is 12.4. The molecule has 0 saturated carbocycles. The first-order valence-corrected chi connectivity index (χ1v) is 14.0. The number of esters is 2. The minimum absolute atomic E-state index is 0. The molecule has 0 radical (unpaired) electrons. The zero-order valence-electron chi connectivity index (χ0n) is 20.6. The Morgan fingerprint density at radius 2 is 1.18 bits per heavy atom. The summed E-state index contributed by atoms with van der Waals surface area (Å²) in [4.78, 5) is 24.7. The Labute approximate surface area is 224 Å². The molecule has 0 aliphatic rings. The van der Waals surface area contributed by atoms with E-state index >= 15 is 0 Å². The van der Waals surface area contributed by atoms with Crippen molar-refractivity contribution in [2.75, 3.05) is 13.2 Å². The first kappa shape index (κ1) is 35.0.